The zero-order valence-corrected chi connectivity index (χ0v) is 7.69. The number of rotatable bonds is 0. The Morgan fingerprint density at radius 3 is 1.67 bits per heavy atom. The molecule has 0 bridgehead atoms. The van der Waals surface area contributed by atoms with Gasteiger partial charge in [0, 0.05) is 0 Å². The maximum atomic E-state index is 9.56. The van der Waals surface area contributed by atoms with Gasteiger partial charge in [-0.1, -0.05) is 11.2 Å². The van der Waals surface area contributed by atoms with Crippen molar-refractivity contribution in [2.24, 2.45) is 0 Å². The van der Waals surface area contributed by atoms with Crippen LogP contribution in [0, 0.1) is 0 Å². The highest BCUT2D eigenvalue weighted by atomic mass is 32.2. The lowest BCUT2D eigenvalue weighted by molar-refractivity contribution is 0.606. The molecule has 1 rings (SSSR count). The molecule has 1 fully saturated rings. The first-order valence-electron chi connectivity index (χ1n) is 3.06. The second-order valence-corrected chi connectivity index (χ2v) is 4.77. The van der Waals surface area contributed by atoms with Crippen LogP contribution in [0.3, 0.4) is 0 Å². The predicted octanol–water partition coefficient (Wildman–Crippen LogP) is 1.51. The summed E-state index contributed by atoms with van der Waals surface area (Å²) in [5.41, 5.74) is 0. The quantitative estimate of drug-likeness (QED) is 0.509. The molecule has 56 valence electrons. The molecule has 3 heteroatoms. The molecule has 0 aliphatic carbocycles. The van der Waals surface area contributed by atoms with Gasteiger partial charge >= 0.3 is 0 Å². The Hall–Kier alpha value is 0.660. The summed E-state index contributed by atoms with van der Waals surface area (Å²) in [4.78, 5) is 0. The summed E-state index contributed by atoms with van der Waals surface area (Å²) in [6.07, 6.45) is 6.20. The van der Waals surface area contributed by atoms with Crippen molar-refractivity contribution >= 4 is 22.9 Å². The standard InChI is InChI=1S/C4H8S.C2H6OS/c1-2-4-5-3-1;1-4(2)3/h1-4H2;1-2H3. The predicted molar refractivity (Wildman–Crippen MR) is 46.5 cm³/mol. The van der Waals surface area contributed by atoms with Crippen molar-refractivity contribution in [3.63, 3.8) is 0 Å². The van der Waals surface area contributed by atoms with Crippen LogP contribution < -0.4 is 0 Å². The molecule has 9 heavy (non-hydrogen) atoms. The smallest absolute Gasteiger partial charge is 0.0946 e. The third kappa shape index (κ3) is 12.0. The molecular formula is C6H14OS2. The summed E-state index contributed by atoms with van der Waals surface area (Å²) in [5.74, 6) is 2.83. The molecule has 0 spiro atoms. The van der Waals surface area contributed by atoms with E-state index in [2.05, 4.69) is 11.8 Å². The first-order valence-corrected chi connectivity index (χ1v) is 6.18. The minimum atomic E-state index is -0.611. The van der Waals surface area contributed by atoms with E-state index in [1.165, 1.54) is 24.3 Å². The van der Waals surface area contributed by atoms with Crippen LogP contribution in [0.1, 0.15) is 12.8 Å². The summed E-state index contributed by atoms with van der Waals surface area (Å²) >= 11 is 1.46. The summed E-state index contributed by atoms with van der Waals surface area (Å²) in [6, 6.07) is 0. The second kappa shape index (κ2) is 6.78. The summed E-state index contributed by atoms with van der Waals surface area (Å²) in [7, 11) is 0. The van der Waals surface area contributed by atoms with E-state index >= 15 is 0 Å². The van der Waals surface area contributed by atoms with E-state index in [0.717, 1.165) is 0 Å². The maximum absolute atomic E-state index is 9.56. The molecule has 0 atom stereocenters. The van der Waals surface area contributed by atoms with Crippen LogP contribution >= 0.6 is 11.8 Å². The molecule has 0 aromatic heterocycles. The lowest BCUT2D eigenvalue weighted by Crippen LogP contribution is -1.86. The highest BCUT2D eigenvalue weighted by Crippen LogP contribution is 2.14. The van der Waals surface area contributed by atoms with Gasteiger partial charge in [-0.2, -0.15) is 11.8 Å². The molecule has 1 aliphatic heterocycles. The molecule has 0 unspecified atom stereocenters. The van der Waals surface area contributed by atoms with E-state index in [1.54, 1.807) is 12.5 Å². The van der Waals surface area contributed by atoms with Gasteiger partial charge in [-0.3, -0.25) is 0 Å². The maximum Gasteiger partial charge on any atom is 0.0946 e. The minimum absolute atomic E-state index is 0.611. The van der Waals surface area contributed by atoms with Crippen LogP contribution in [0.25, 0.3) is 0 Å². The van der Waals surface area contributed by atoms with Gasteiger partial charge in [0.05, 0.1) is 12.5 Å². The van der Waals surface area contributed by atoms with Crippen molar-refractivity contribution in [3.8, 4) is 0 Å². The fourth-order valence-corrected chi connectivity index (χ4v) is 1.53. The first-order chi connectivity index (χ1) is 4.23. The highest BCUT2D eigenvalue weighted by molar-refractivity contribution is 7.99. The zero-order valence-electron chi connectivity index (χ0n) is 6.05. The van der Waals surface area contributed by atoms with E-state index < -0.39 is 11.2 Å². The molecule has 1 saturated heterocycles. The topological polar surface area (TPSA) is 23.1 Å². The van der Waals surface area contributed by atoms with Gasteiger partial charge in [0.2, 0.25) is 0 Å². The number of thioether (sulfide) groups is 1. The Kier molecular flexibility index (Phi) is 7.27. The van der Waals surface area contributed by atoms with Gasteiger partial charge in [0.25, 0.3) is 0 Å². The van der Waals surface area contributed by atoms with Crippen molar-refractivity contribution in [1.29, 1.82) is 0 Å². The van der Waals surface area contributed by atoms with Gasteiger partial charge in [0.1, 0.15) is 0 Å². The van der Waals surface area contributed by atoms with Crippen LogP contribution in [-0.2, 0) is 11.2 Å². The summed E-state index contributed by atoms with van der Waals surface area (Å²) < 4.78 is 9.56. The monoisotopic (exact) mass is 166 g/mol. The second-order valence-electron chi connectivity index (χ2n) is 2.06. The first kappa shape index (κ1) is 9.66. The SMILES string of the molecule is C1CCSC1.C[S+](C)[O-]. The van der Waals surface area contributed by atoms with Crippen LogP contribution in [-0.4, -0.2) is 28.6 Å². The molecule has 0 aromatic rings. The molecule has 0 radical (unpaired) electrons. The summed E-state index contributed by atoms with van der Waals surface area (Å²) in [5, 5.41) is 0. The van der Waals surface area contributed by atoms with E-state index in [-0.39, 0.29) is 0 Å². The van der Waals surface area contributed by atoms with Gasteiger partial charge < -0.3 is 4.55 Å². The molecule has 0 amide bonds. The average molecular weight is 166 g/mol. The molecular weight excluding hydrogens is 152 g/mol. The minimum Gasteiger partial charge on any atom is -0.617 e. The zero-order chi connectivity index (χ0) is 7.11. The molecule has 1 nitrogen and oxygen atoms in total. The van der Waals surface area contributed by atoms with E-state index in [0.29, 0.717) is 0 Å². The van der Waals surface area contributed by atoms with Gasteiger partial charge in [0.15, 0.2) is 0 Å². The van der Waals surface area contributed by atoms with Crippen molar-refractivity contribution in [1.82, 2.24) is 0 Å². The van der Waals surface area contributed by atoms with Crippen LogP contribution in [0.2, 0.25) is 0 Å². The van der Waals surface area contributed by atoms with E-state index in [4.69, 9.17) is 0 Å². The van der Waals surface area contributed by atoms with E-state index in [1.807, 2.05) is 0 Å². The lowest BCUT2D eigenvalue weighted by Gasteiger charge is -1.87. The van der Waals surface area contributed by atoms with Gasteiger partial charge in [-0.25, -0.2) is 0 Å². The Morgan fingerprint density at radius 2 is 1.56 bits per heavy atom. The van der Waals surface area contributed by atoms with Crippen LogP contribution in [0.5, 0.6) is 0 Å². The number of hydrogen-bond donors (Lipinski definition) is 0. The fraction of sp³-hybridized carbons (Fsp3) is 1.00. The third-order valence-electron chi connectivity index (χ3n) is 0.827. The fourth-order valence-electron chi connectivity index (χ4n) is 0.510. The molecule has 0 saturated carbocycles. The Bertz CT molecular complexity index is 42.7. The van der Waals surface area contributed by atoms with Crippen molar-refractivity contribution in [3.05, 3.63) is 0 Å². The van der Waals surface area contributed by atoms with Crippen LogP contribution in [0.4, 0.5) is 0 Å². The van der Waals surface area contributed by atoms with Gasteiger partial charge in [-0.05, 0) is 24.3 Å². The molecule has 1 aliphatic rings. The third-order valence-corrected chi connectivity index (χ3v) is 1.98. The highest BCUT2D eigenvalue weighted by Gasteiger charge is 1.95. The Balaban J connectivity index is 0.000000148. The van der Waals surface area contributed by atoms with Crippen molar-refractivity contribution in [2.75, 3.05) is 24.0 Å². The van der Waals surface area contributed by atoms with Crippen LogP contribution in [0.15, 0.2) is 0 Å². The van der Waals surface area contributed by atoms with E-state index in [9.17, 15) is 4.55 Å². The molecule has 1 heterocycles. The Labute approximate surface area is 64.8 Å². The summed E-state index contributed by atoms with van der Waals surface area (Å²) in [6.45, 7) is 0. The number of hydrogen-bond acceptors (Lipinski definition) is 2. The van der Waals surface area contributed by atoms with Crippen molar-refractivity contribution < 1.29 is 4.55 Å². The largest absolute Gasteiger partial charge is 0.617 e. The normalized spacial score (nSPS) is 17.3. The average Bonchev–Trinajstić information content (AvgIpc) is 2.11. The van der Waals surface area contributed by atoms with Gasteiger partial charge in [-0.15, -0.1) is 0 Å². The Morgan fingerprint density at radius 1 is 1.22 bits per heavy atom. The lowest BCUT2D eigenvalue weighted by atomic mass is 10.4. The van der Waals surface area contributed by atoms with Crippen molar-refractivity contribution in [2.45, 2.75) is 12.8 Å². The molecule has 0 aromatic carbocycles. The molecule has 0 N–H and O–H groups in total.